The van der Waals surface area contributed by atoms with Crippen molar-refractivity contribution in [2.24, 2.45) is 33.4 Å². The number of carboxylic acids is 1. The fraction of sp³-hybridized carbons (Fsp3) is 0.684. The maximum absolute atomic E-state index is 11.9. The summed E-state index contributed by atoms with van der Waals surface area (Å²) in [7, 11) is 1.69. The van der Waals surface area contributed by atoms with E-state index >= 15 is 0 Å². The van der Waals surface area contributed by atoms with Crippen LogP contribution in [0.1, 0.15) is 39.0 Å². The molecule has 0 amide bonds. The first-order chi connectivity index (χ1) is 11.9. The van der Waals surface area contributed by atoms with Gasteiger partial charge in [0.15, 0.2) is 5.96 Å². The standard InChI is InChI=1S/C19H27N3O3/c1-11-4-5-12-8-13-15(16(24)25)14(23)9-19(11,13)18(12)6-3-7-22(10-18)17(20)21-2/h3,7,11-12,14,23H,4-6,8-10H2,1-2H3,(H2,20,21)(H,24,25)/t11-,12-,14+,18-,19+/m1/s1. The second-order valence-electron chi connectivity index (χ2n) is 8.22. The van der Waals surface area contributed by atoms with Crippen LogP contribution < -0.4 is 5.73 Å². The molecule has 1 heterocycles. The SMILES string of the molecule is CN=C(N)N1C=CC[C@@]2(C1)[C@@H]1CC[C@@H](C)[C@]23C[C@H](O)C(C(=O)O)=C3C1. The van der Waals surface area contributed by atoms with Crippen LogP contribution in [0.25, 0.3) is 0 Å². The normalized spacial score (nSPS) is 43.1. The Bertz CT molecular complexity index is 713. The molecule has 4 N–H and O–H groups in total. The maximum atomic E-state index is 11.9. The van der Waals surface area contributed by atoms with Crippen molar-refractivity contribution in [3.8, 4) is 0 Å². The number of rotatable bonds is 1. The lowest BCUT2D eigenvalue weighted by Crippen LogP contribution is -2.57. The molecule has 4 rings (SSSR count). The number of aliphatic hydroxyl groups excluding tert-OH is 1. The van der Waals surface area contributed by atoms with Gasteiger partial charge in [-0.2, -0.15) is 0 Å². The second kappa shape index (κ2) is 5.34. The summed E-state index contributed by atoms with van der Waals surface area (Å²) in [6.07, 6.45) is 7.75. The highest BCUT2D eigenvalue weighted by molar-refractivity contribution is 5.90. The summed E-state index contributed by atoms with van der Waals surface area (Å²) in [6.45, 7) is 2.99. The second-order valence-corrected chi connectivity index (χ2v) is 8.22. The van der Waals surface area contributed by atoms with Gasteiger partial charge in [0.2, 0.25) is 0 Å². The van der Waals surface area contributed by atoms with Crippen LogP contribution in [0.15, 0.2) is 28.4 Å². The summed E-state index contributed by atoms with van der Waals surface area (Å²) in [5, 5.41) is 20.3. The smallest absolute Gasteiger partial charge is 0.334 e. The van der Waals surface area contributed by atoms with E-state index in [4.69, 9.17) is 5.73 Å². The number of guanidine groups is 1. The number of carboxylic acid groups (broad SMARTS) is 1. The number of allylic oxidation sites excluding steroid dienone is 2. The van der Waals surface area contributed by atoms with Gasteiger partial charge >= 0.3 is 5.97 Å². The number of aliphatic hydroxyl groups is 1. The Labute approximate surface area is 148 Å². The van der Waals surface area contributed by atoms with Gasteiger partial charge in [-0.15, -0.1) is 0 Å². The van der Waals surface area contributed by atoms with E-state index in [9.17, 15) is 15.0 Å². The van der Waals surface area contributed by atoms with Gasteiger partial charge in [-0.05, 0) is 49.5 Å². The molecule has 6 nitrogen and oxygen atoms in total. The van der Waals surface area contributed by atoms with Crippen molar-refractivity contribution in [2.45, 2.75) is 45.1 Å². The lowest BCUT2D eigenvalue weighted by atomic mass is 9.49. The van der Waals surface area contributed by atoms with E-state index in [1.165, 1.54) is 0 Å². The zero-order valence-electron chi connectivity index (χ0n) is 14.9. The fourth-order valence-corrected chi connectivity index (χ4v) is 6.63. The molecular formula is C19H27N3O3. The third kappa shape index (κ3) is 1.89. The van der Waals surface area contributed by atoms with Crippen LogP contribution in [-0.4, -0.2) is 46.7 Å². The van der Waals surface area contributed by atoms with Crippen LogP contribution >= 0.6 is 0 Å². The first kappa shape index (κ1) is 16.6. The Morgan fingerprint density at radius 1 is 1.44 bits per heavy atom. The molecule has 0 radical (unpaired) electrons. The summed E-state index contributed by atoms with van der Waals surface area (Å²) < 4.78 is 0. The van der Waals surface area contributed by atoms with Crippen molar-refractivity contribution in [1.82, 2.24) is 4.90 Å². The largest absolute Gasteiger partial charge is 0.478 e. The van der Waals surface area contributed by atoms with Crippen LogP contribution in [-0.2, 0) is 4.79 Å². The van der Waals surface area contributed by atoms with Gasteiger partial charge in [0, 0.05) is 30.6 Å². The van der Waals surface area contributed by atoms with E-state index < -0.39 is 12.1 Å². The number of nitrogens with zero attached hydrogens (tertiary/aromatic N) is 2. The van der Waals surface area contributed by atoms with Crippen LogP contribution in [0.5, 0.6) is 0 Å². The van der Waals surface area contributed by atoms with Crippen LogP contribution in [0.4, 0.5) is 0 Å². The minimum Gasteiger partial charge on any atom is -0.478 e. The molecule has 0 aromatic heterocycles. The van der Waals surface area contributed by atoms with Crippen molar-refractivity contribution < 1.29 is 15.0 Å². The van der Waals surface area contributed by atoms with Crippen molar-refractivity contribution in [1.29, 1.82) is 0 Å². The highest BCUT2D eigenvalue weighted by Gasteiger charge is 2.70. The number of aliphatic carboxylic acids is 1. The van der Waals surface area contributed by atoms with Crippen molar-refractivity contribution in [3.63, 3.8) is 0 Å². The van der Waals surface area contributed by atoms with Crippen LogP contribution in [0.3, 0.4) is 0 Å². The third-order valence-electron chi connectivity index (χ3n) is 7.60. The lowest BCUT2D eigenvalue weighted by molar-refractivity contribution is -0.133. The number of hydrogen-bond donors (Lipinski definition) is 3. The fourth-order valence-electron chi connectivity index (χ4n) is 6.63. The van der Waals surface area contributed by atoms with Gasteiger partial charge in [0.25, 0.3) is 0 Å². The molecule has 2 bridgehead atoms. The van der Waals surface area contributed by atoms with E-state index in [0.717, 1.165) is 37.8 Å². The monoisotopic (exact) mass is 345 g/mol. The Morgan fingerprint density at radius 2 is 2.20 bits per heavy atom. The zero-order valence-corrected chi connectivity index (χ0v) is 14.9. The molecule has 2 spiro atoms. The van der Waals surface area contributed by atoms with Crippen molar-refractivity contribution >= 4 is 11.9 Å². The summed E-state index contributed by atoms with van der Waals surface area (Å²) in [5.41, 5.74) is 7.08. The molecule has 6 heteroatoms. The summed E-state index contributed by atoms with van der Waals surface area (Å²) in [5.74, 6) is 0.345. The molecule has 4 aliphatic rings. The zero-order chi connectivity index (χ0) is 18.0. The predicted molar refractivity (Wildman–Crippen MR) is 94.7 cm³/mol. The van der Waals surface area contributed by atoms with Crippen LogP contribution in [0, 0.1) is 22.7 Å². The van der Waals surface area contributed by atoms with E-state index in [0.29, 0.717) is 24.2 Å². The highest BCUT2D eigenvalue weighted by Crippen LogP contribution is 2.74. The quantitative estimate of drug-likeness (QED) is 0.496. The van der Waals surface area contributed by atoms with Crippen LogP contribution in [0.2, 0.25) is 0 Å². The molecule has 136 valence electrons. The summed E-state index contributed by atoms with van der Waals surface area (Å²) >= 11 is 0. The topological polar surface area (TPSA) is 99.1 Å². The Kier molecular flexibility index (Phi) is 3.55. The average Bonchev–Trinajstić information content (AvgIpc) is 2.95. The number of aliphatic imine (C=N–C) groups is 1. The predicted octanol–water partition coefficient (Wildman–Crippen LogP) is 1.72. The van der Waals surface area contributed by atoms with E-state index in [-0.39, 0.29) is 16.4 Å². The van der Waals surface area contributed by atoms with Gasteiger partial charge in [-0.1, -0.05) is 13.0 Å². The lowest BCUT2D eigenvalue weighted by Gasteiger charge is -2.57. The van der Waals surface area contributed by atoms with Gasteiger partial charge in [0.1, 0.15) is 0 Å². The minimum atomic E-state index is -0.952. The van der Waals surface area contributed by atoms with Gasteiger partial charge in [-0.3, -0.25) is 4.99 Å². The molecule has 1 aliphatic heterocycles. The molecule has 0 unspecified atom stereocenters. The molecule has 0 aromatic carbocycles. The van der Waals surface area contributed by atoms with Gasteiger partial charge in [-0.25, -0.2) is 4.79 Å². The molecule has 2 fully saturated rings. The van der Waals surface area contributed by atoms with E-state index in [1.807, 2.05) is 11.1 Å². The number of hydrogen-bond acceptors (Lipinski definition) is 3. The highest BCUT2D eigenvalue weighted by atomic mass is 16.4. The summed E-state index contributed by atoms with van der Waals surface area (Å²) in [4.78, 5) is 18.0. The molecule has 2 saturated carbocycles. The number of nitrogens with two attached hydrogens (primary N) is 1. The molecule has 3 aliphatic carbocycles. The molecule has 0 aromatic rings. The Hall–Kier alpha value is -1.82. The molecule has 5 atom stereocenters. The molecule has 0 saturated heterocycles. The number of carbonyl (C=O) groups is 1. The average molecular weight is 345 g/mol. The Balaban J connectivity index is 1.88. The third-order valence-corrected chi connectivity index (χ3v) is 7.60. The van der Waals surface area contributed by atoms with Gasteiger partial charge < -0.3 is 20.8 Å². The Morgan fingerprint density at radius 3 is 2.88 bits per heavy atom. The van der Waals surface area contributed by atoms with Gasteiger partial charge in [0.05, 0.1) is 11.7 Å². The van der Waals surface area contributed by atoms with Crippen molar-refractivity contribution in [3.05, 3.63) is 23.4 Å². The minimum absolute atomic E-state index is 0.0672. The van der Waals surface area contributed by atoms with Crippen molar-refractivity contribution in [2.75, 3.05) is 13.6 Å². The first-order valence-electron chi connectivity index (χ1n) is 9.18. The van der Waals surface area contributed by atoms with E-state index in [2.05, 4.69) is 18.0 Å². The summed E-state index contributed by atoms with van der Waals surface area (Å²) in [6, 6.07) is 0. The maximum Gasteiger partial charge on any atom is 0.334 e. The first-order valence-corrected chi connectivity index (χ1v) is 9.18. The molecule has 25 heavy (non-hydrogen) atoms. The van der Waals surface area contributed by atoms with E-state index in [1.54, 1.807) is 7.05 Å². The molecular weight excluding hydrogens is 318 g/mol.